The molecule has 0 atom stereocenters. The third kappa shape index (κ3) is 2.50. The van der Waals surface area contributed by atoms with Gasteiger partial charge in [-0.15, -0.1) is 0 Å². The zero-order valence-corrected chi connectivity index (χ0v) is 11.5. The standard InChI is InChI=1S/C12H10BrN3O3/c1-15-12(18)9-8(14)11(19-16-9)10(17)6-2-4-7(13)5-3-6/h2-5H,14H2,1H3,(H,15,18). The maximum absolute atomic E-state index is 12.1. The molecule has 1 aromatic heterocycles. The van der Waals surface area contributed by atoms with Crippen LogP contribution in [0, 0.1) is 0 Å². The first-order valence-electron chi connectivity index (χ1n) is 5.32. The van der Waals surface area contributed by atoms with Crippen LogP contribution in [0.5, 0.6) is 0 Å². The molecule has 1 aromatic carbocycles. The van der Waals surface area contributed by atoms with Crippen molar-refractivity contribution in [3.05, 3.63) is 45.8 Å². The third-order valence-corrected chi connectivity index (χ3v) is 3.01. The Balaban J connectivity index is 2.37. The highest BCUT2D eigenvalue weighted by molar-refractivity contribution is 9.10. The Hall–Kier alpha value is -2.15. The van der Waals surface area contributed by atoms with Gasteiger partial charge in [0.2, 0.25) is 11.5 Å². The van der Waals surface area contributed by atoms with Crippen LogP contribution in [0.25, 0.3) is 0 Å². The monoisotopic (exact) mass is 323 g/mol. The Kier molecular flexibility index (Phi) is 3.66. The van der Waals surface area contributed by atoms with Gasteiger partial charge in [-0.3, -0.25) is 9.59 Å². The van der Waals surface area contributed by atoms with Gasteiger partial charge in [0.05, 0.1) is 0 Å². The molecule has 0 fully saturated rings. The lowest BCUT2D eigenvalue weighted by molar-refractivity contribution is 0.0949. The highest BCUT2D eigenvalue weighted by Crippen LogP contribution is 2.21. The topological polar surface area (TPSA) is 98.2 Å². The van der Waals surface area contributed by atoms with Crippen LogP contribution in [0.2, 0.25) is 0 Å². The van der Waals surface area contributed by atoms with Crippen LogP contribution in [0.15, 0.2) is 33.3 Å². The van der Waals surface area contributed by atoms with Crippen LogP contribution in [0.3, 0.4) is 0 Å². The van der Waals surface area contributed by atoms with Gasteiger partial charge in [0, 0.05) is 17.1 Å². The summed E-state index contributed by atoms with van der Waals surface area (Å²) < 4.78 is 5.72. The molecule has 1 amide bonds. The number of aromatic nitrogens is 1. The number of benzene rings is 1. The van der Waals surface area contributed by atoms with Gasteiger partial charge >= 0.3 is 0 Å². The lowest BCUT2D eigenvalue weighted by Crippen LogP contribution is -2.19. The molecule has 0 aliphatic carbocycles. The van der Waals surface area contributed by atoms with E-state index in [2.05, 4.69) is 26.4 Å². The van der Waals surface area contributed by atoms with Crippen molar-refractivity contribution in [3.63, 3.8) is 0 Å². The Morgan fingerprint density at radius 1 is 1.32 bits per heavy atom. The minimum Gasteiger partial charge on any atom is -0.393 e. The van der Waals surface area contributed by atoms with Crippen molar-refractivity contribution < 1.29 is 14.1 Å². The molecule has 0 unspecified atom stereocenters. The van der Waals surface area contributed by atoms with Gasteiger partial charge in [0.25, 0.3) is 5.91 Å². The fraction of sp³-hybridized carbons (Fsp3) is 0.0833. The van der Waals surface area contributed by atoms with Crippen molar-refractivity contribution in [2.45, 2.75) is 0 Å². The Bertz CT molecular complexity index is 634. The summed E-state index contributed by atoms with van der Waals surface area (Å²) in [6.07, 6.45) is 0. The molecule has 0 aliphatic rings. The van der Waals surface area contributed by atoms with Gasteiger partial charge in [-0.05, 0) is 24.3 Å². The fourth-order valence-corrected chi connectivity index (χ4v) is 1.74. The van der Waals surface area contributed by atoms with Crippen LogP contribution < -0.4 is 11.1 Å². The minimum absolute atomic E-state index is 0.0627. The van der Waals surface area contributed by atoms with Crippen molar-refractivity contribution in [2.75, 3.05) is 12.8 Å². The quantitative estimate of drug-likeness (QED) is 0.836. The van der Waals surface area contributed by atoms with E-state index in [1.165, 1.54) is 7.05 Å². The van der Waals surface area contributed by atoms with Gasteiger partial charge < -0.3 is 15.6 Å². The number of nitrogens with two attached hydrogens (primary N) is 1. The van der Waals surface area contributed by atoms with E-state index in [0.717, 1.165) is 4.47 Å². The average Bonchev–Trinajstić information content (AvgIpc) is 2.80. The molecule has 0 bridgehead atoms. The van der Waals surface area contributed by atoms with Crippen LogP contribution >= 0.6 is 15.9 Å². The molecule has 0 spiro atoms. The molecule has 3 N–H and O–H groups in total. The van der Waals surface area contributed by atoms with E-state index in [9.17, 15) is 9.59 Å². The van der Waals surface area contributed by atoms with E-state index in [0.29, 0.717) is 5.56 Å². The minimum atomic E-state index is -0.504. The predicted molar refractivity (Wildman–Crippen MR) is 71.9 cm³/mol. The van der Waals surface area contributed by atoms with Gasteiger partial charge in [0.1, 0.15) is 5.69 Å². The molecule has 2 rings (SSSR count). The van der Waals surface area contributed by atoms with Crippen molar-refractivity contribution in [1.29, 1.82) is 0 Å². The number of amides is 1. The molecule has 0 saturated carbocycles. The van der Waals surface area contributed by atoms with Crippen molar-refractivity contribution in [2.24, 2.45) is 0 Å². The Labute approximate surface area is 117 Å². The number of carbonyl (C=O) groups is 2. The van der Waals surface area contributed by atoms with Gasteiger partial charge in [-0.1, -0.05) is 21.1 Å². The number of hydrogen-bond acceptors (Lipinski definition) is 5. The summed E-state index contributed by atoms with van der Waals surface area (Å²) in [6.45, 7) is 0. The number of nitrogen functional groups attached to an aromatic ring is 1. The number of rotatable bonds is 3. The van der Waals surface area contributed by atoms with Gasteiger partial charge in [-0.25, -0.2) is 0 Å². The maximum Gasteiger partial charge on any atom is 0.275 e. The van der Waals surface area contributed by atoms with E-state index in [4.69, 9.17) is 10.3 Å². The number of hydrogen-bond donors (Lipinski definition) is 2. The molecule has 0 radical (unpaired) electrons. The van der Waals surface area contributed by atoms with Gasteiger partial charge in [0.15, 0.2) is 5.69 Å². The molecule has 2 aromatic rings. The SMILES string of the molecule is CNC(=O)c1noc(C(=O)c2ccc(Br)cc2)c1N. The Morgan fingerprint density at radius 2 is 1.95 bits per heavy atom. The average molecular weight is 324 g/mol. The zero-order chi connectivity index (χ0) is 14.0. The summed E-state index contributed by atoms with van der Waals surface area (Å²) in [6, 6.07) is 6.68. The summed E-state index contributed by atoms with van der Waals surface area (Å²) in [5.74, 6) is -1.07. The van der Waals surface area contributed by atoms with E-state index in [1.807, 2.05) is 0 Å². The second kappa shape index (κ2) is 5.23. The van der Waals surface area contributed by atoms with Crippen LogP contribution in [-0.4, -0.2) is 23.9 Å². The van der Waals surface area contributed by atoms with Crippen molar-refractivity contribution in [3.8, 4) is 0 Å². The highest BCUT2D eigenvalue weighted by atomic mass is 79.9. The van der Waals surface area contributed by atoms with Gasteiger partial charge in [-0.2, -0.15) is 0 Å². The first kappa shape index (κ1) is 13.3. The summed E-state index contributed by atoms with van der Waals surface area (Å²) in [7, 11) is 1.44. The molecule has 19 heavy (non-hydrogen) atoms. The second-order valence-electron chi connectivity index (χ2n) is 3.69. The number of carbonyl (C=O) groups excluding carboxylic acids is 2. The van der Waals surface area contributed by atoms with Crippen LogP contribution in [0.4, 0.5) is 5.69 Å². The van der Waals surface area contributed by atoms with Crippen LogP contribution in [-0.2, 0) is 0 Å². The highest BCUT2D eigenvalue weighted by Gasteiger charge is 2.24. The summed E-state index contributed by atoms with van der Waals surface area (Å²) in [5.41, 5.74) is 5.94. The number of anilines is 1. The molecule has 1 heterocycles. The normalized spacial score (nSPS) is 10.2. The van der Waals surface area contributed by atoms with E-state index >= 15 is 0 Å². The summed E-state index contributed by atoms with van der Waals surface area (Å²) in [4.78, 5) is 23.6. The Morgan fingerprint density at radius 3 is 2.53 bits per heavy atom. The fourth-order valence-electron chi connectivity index (χ4n) is 1.48. The number of halogens is 1. The third-order valence-electron chi connectivity index (χ3n) is 2.48. The molecule has 6 nitrogen and oxygen atoms in total. The molecule has 0 saturated heterocycles. The predicted octanol–water partition coefficient (Wildman–Crippen LogP) is 1.61. The zero-order valence-electron chi connectivity index (χ0n) is 9.94. The summed E-state index contributed by atoms with van der Waals surface area (Å²) in [5, 5.41) is 5.87. The molecule has 98 valence electrons. The number of nitrogens with one attached hydrogen (secondary N) is 1. The number of ketones is 1. The number of nitrogens with zero attached hydrogens (tertiary/aromatic N) is 1. The largest absolute Gasteiger partial charge is 0.393 e. The molecular weight excluding hydrogens is 314 g/mol. The van der Waals surface area contributed by atoms with Crippen molar-refractivity contribution >= 4 is 33.3 Å². The lowest BCUT2D eigenvalue weighted by atomic mass is 10.1. The molecule has 7 heteroatoms. The second-order valence-corrected chi connectivity index (χ2v) is 4.60. The van der Waals surface area contributed by atoms with Crippen LogP contribution in [0.1, 0.15) is 26.6 Å². The summed E-state index contributed by atoms with van der Waals surface area (Å²) >= 11 is 3.27. The van der Waals surface area contributed by atoms with Crippen molar-refractivity contribution in [1.82, 2.24) is 10.5 Å². The van der Waals surface area contributed by atoms with E-state index < -0.39 is 11.7 Å². The molecular formula is C12H10BrN3O3. The first-order chi connectivity index (χ1) is 9.04. The lowest BCUT2D eigenvalue weighted by Gasteiger charge is -1.98. The molecule has 0 aliphatic heterocycles. The van der Waals surface area contributed by atoms with E-state index in [-0.39, 0.29) is 17.1 Å². The van der Waals surface area contributed by atoms with E-state index in [1.54, 1.807) is 24.3 Å². The smallest absolute Gasteiger partial charge is 0.275 e. The first-order valence-corrected chi connectivity index (χ1v) is 6.11. The maximum atomic E-state index is 12.1.